The molecule has 0 bridgehead atoms. The summed E-state index contributed by atoms with van der Waals surface area (Å²) in [6.07, 6.45) is 1.33. The number of aromatic nitrogens is 2. The Morgan fingerprint density at radius 2 is 2.00 bits per heavy atom. The predicted molar refractivity (Wildman–Crippen MR) is 130 cm³/mol. The lowest BCUT2D eigenvalue weighted by Crippen LogP contribution is -2.41. The molecule has 5 rings (SSSR count). The molecular weight excluding hydrogens is 438 g/mol. The molecule has 1 atom stereocenters. The average Bonchev–Trinajstić information content (AvgIpc) is 3.42. The van der Waals surface area contributed by atoms with E-state index in [1.54, 1.807) is 18.4 Å². The first-order valence-corrected chi connectivity index (χ1v) is 11.9. The summed E-state index contributed by atoms with van der Waals surface area (Å²) in [4.78, 5) is 20.6. The number of morpholine rings is 1. The molecular formula is C24H27N5O3S. The fourth-order valence-electron chi connectivity index (χ4n) is 4.04. The molecule has 0 spiro atoms. The van der Waals surface area contributed by atoms with E-state index in [1.807, 2.05) is 48.7 Å². The van der Waals surface area contributed by atoms with Gasteiger partial charge in [0.2, 0.25) is 0 Å². The lowest BCUT2D eigenvalue weighted by Gasteiger charge is -2.26. The minimum atomic E-state index is -0.681. The predicted octanol–water partition coefficient (Wildman–Crippen LogP) is 2.49. The first-order valence-electron chi connectivity index (χ1n) is 11.1. The molecule has 1 fully saturated rings. The summed E-state index contributed by atoms with van der Waals surface area (Å²) in [6.45, 7) is 4.82. The number of carbonyl (C=O) groups excluding carboxylic acids is 1. The van der Waals surface area contributed by atoms with Crippen LogP contribution in [0.2, 0.25) is 0 Å². The van der Waals surface area contributed by atoms with Gasteiger partial charge >= 0.3 is 0 Å². The second kappa shape index (κ2) is 9.58. The monoisotopic (exact) mass is 465 g/mol. The summed E-state index contributed by atoms with van der Waals surface area (Å²) >= 11 is 1.57. The minimum absolute atomic E-state index is 0.0549. The Balaban J connectivity index is 1.30. The number of amides is 1. The number of rotatable bonds is 7. The largest absolute Gasteiger partial charge is 0.379 e. The van der Waals surface area contributed by atoms with E-state index in [0.29, 0.717) is 12.1 Å². The smallest absolute Gasteiger partial charge is 0.251 e. The Hall–Kier alpha value is -2.82. The maximum Gasteiger partial charge on any atom is 0.251 e. The van der Waals surface area contributed by atoms with Gasteiger partial charge in [-0.25, -0.2) is 4.98 Å². The number of hydrogen-bond acceptors (Lipinski definition) is 7. The van der Waals surface area contributed by atoms with Crippen LogP contribution in [0.25, 0.3) is 26.4 Å². The van der Waals surface area contributed by atoms with Gasteiger partial charge in [-0.2, -0.15) is 0 Å². The number of ether oxygens (including phenoxy) is 1. The highest BCUT2D eigenvalue weighted by Crippen LogP contribution is 2.30. The molecule has 1 saturated heterocycles. The lowest BCUT2D eigenvalue weighted by molar-refractivity contribution is 0.0383. The third kappa shape index (κ3) is 4.64. The molecule has 9 heteroatoms. The van der Waals surface area contributed by atoms with Gasteiger partial charge in [-0.1, -0.05) is 35.6 Å². The summed E-state index contributed by atoms with van der Waals surface area (Å²) in [5.41, 5.74) is 4.36. The molecule has 172 valence electrons. The number of carbonyl (C=O) groups is 1. The fourth-order valence-corrected chi connectivity index (χ4v) is 5.09. The Morgan fingerprint density at radius 3 is 2.76 bits per heavy atom. The molecule has 0 saturated carbocycles. The highest BCUT2D eigenvalue weighted by molar-refractivity contribution is 7.23. The maximum absolute atomic E-state index is 12.6. The van der Waals surface area contributed by atoms with Gasteiger partial charge in [-0.3, -0.25) is 19.4 Å². The van der Waals surface area contributed by atoms with Crippen LogP contribution in [0.4, 0.5) is 0 Å². The first-order chi connectivity index (χ1) is 16.1. The SMILES string of the molecule is CNC(O)c1ccc(-c2cn3c(n2)sc2cc(C(=O)NCCN4CCOCC4)ccc23)cc1. The van der Waals surface area contributed by atoms with Crippen molar-refractivity contribution in [1.82, 2.24) is 24.9 Å². The van der Waals surface area contributed by atoms with E-state index in [4.69, 9.17) is 9.72 Å². The van der Waals surface area contributed by atoms with Gasteiger partial charge in [-0.05, 0) is 30.8 Å². The number of hydrogen-bond donors (Lipinski definition) is 3. The van der Waals surface area contributed by atoms with Crippen molar-refractivity contribution in [2.45, 2.75) is 6.23 Å². The van der Waals surface area contributed by atoms with E-state index in [9.17, 15) is 9.90 Å². The van der Waals surface area contributed by atoms with Gasteiger partial charge in [0.05, 0.1) is 29.1 Å². The number of aliphatic hydroxyl groups is 1. The number of nitrogens with zero attached hydrogens (tertiary/aromatic N) is 3. The average molecular weight is 466 g/mol. The van der Waals surface area contributed by atoms with Crippen LogP contribution < -0.4 is 10.6 Å². The van der Waals surface area contributed by atoms with E-state index in [0.717, 1.165) is 64.8 Å². The zero-order valence-corrected chi connectivity index (χ0v) is 19.3. The van der Waals surface area contributed by atoms with Crippen LogP contribution in [0.3, 0.4) is 0 Å². The van der Waals surface area contributed by atoms with Crippen molar-refractivity contribution in [1.29, 1.82) is 0 Å². The zero-order chi connectivity index (χ0) is 22.8. The van der Waals surface area contributed by atoms with Gasteiger partial charge in [0.1, 0.15) is 6.23 Å². The summed E-state index contributed by atoms with van der Waals surface area (Å²) in [5.74, 6) is -0.0549. The summed E-state index contributed by atoms with van der Waals surface area (Å²) < 4.78 is 8.45. The molecule has 3 heterocycles. The van der Waals surface area contributed by atoms with E-state index >= 15 is 0 Å². The van der Waals surface area contributed by atoms with Crippen molar-refractivity contribution >= 4 is 32.4 Å². The fraction of sp³-hybridized carbons (Fsp3) is 0.333. The van der Waals surface area contributed by atoms with E-state index in [1.165, 1.54) is 0 Å². The zero-order valence-electron chi connectivity index (χ0n) is 18.5. The molecule has 2 aromatic carbocycles. The molecule has 1 unspecified atom stereocenters. The Morgan fingerprint density at radius 1 is 1.21 bits per heavy atom. The van der Waals surface area contributed by atoms with Gasteiger partial charge < -0.3 is 15.2 Å². The third-order valence-electron chi connectivity index (χ3n) is 5.97. The van der Waals surface area contributed by atoms with Crippen LogP contribution >= 0.6 is 11.3 Å². The molecule has 1 amide bonds. The molecule has 8 nitrogen and oxygen atoms in total. The van der Waals surface area contributed by atoms with Crippen LogP contribution in [0.5, 0.6) is 0 Å². The van der Waals surface area contributed by atoms with Crippen LogP contribution in [-0.2, 0) is 4.74 Å². The Labute approximate surface area is 195 Å². The maximum atomic E-state index is 12.6. The number of nitrogens with one attached hydrogen (secondary N) is 2. The first kappa shape index (κ1) is 22.0. The third-order valence-corrected chi connectivity index (χ3v) is 6.99. The standard InChI is InChI=1S/C24H27N5O3S/c1-25-22(30)17-4-2-16(3-5-17)19-15-29-20-7-6-18(14-21(20)33-24(29)27-19)23(31)26-8-9-28-10-12-32-13-11-28/h2-7,14-15,22,25,30H,8-13H2,1H3,(H,26,31). The number of thiazole rings is 1. The topological polar surface area (TPSA) is 91.1 Å². The van der Waals surface area contributed by atoms with Crippen molar-refractivity contribution in [3.63, 3.8) is 0 Å². The summed E-state index contributed by atoms with van der Waals surface area (Å²) in [6, 6.07) is 13.5. The quantitative estimate of drug-likeness (QED) is 0.363. The van der Waals surface area contributed by atoms with Crippen LogP contribution in [-0.4, -0.2) is 71.7 Å². The van der Waals surface area contributed by atoms with Crippen molar-refractivity contribution in [3.05, 3.63) is 59.8 Å². The summed E-state index contributed by atoms with van der Waals surface area (Å²) in [7, 11) is 1.72. The van der Waals surface area contributed by atoms with Crippen LogP contribution in [0, 0.1) is 0 Å². The minimum Gasteiger partial charge on any atom is -0.379 e. The molecule has 0 aliphatic carbocycles. The van der Waals surface area contributed by atoms with Crippen LogP contribution in [0.1, 0.15) is 22.1 Å². The van der Waals surface area contributed by atoms with Gasteiger partial charge in [0.15, 0.2) is 4.96 Å². The normalized spacial score (nSPS) is 15.8. The van der Waals surface area contributed by atoms with Crippen molar-refractivity contribution in [2.75, 3.05) is 46.4 Å². The number of imidazole rings is 1. The second-order valence-electron chi connectivity index (χ2n) is 8.09. The van der Waals surface area contributed by atoms with Gasteiger partial charge in [0.25, 0.3) is 5.91 Å². The Kier molecular flexibility index (Phi) is 6.39. The second-order valence-corrected chi connectivity index (χ2v) is 9.10. The summed E-state index contributed by atoms with van der Waals surface area (Å²) in [5, 5.41) is 15.7. The van der Waals surface area contributed by atoms with Crippen LogP contribution in [0.15, 0.2) is 48.7 Å². The Bertz CT molecular complexity index is 1260. The molecule has 2 aromatic heterocycles. The lowest BCUT2D eigenvalue weighted by atomic mass is 10.1. The van der Waals surface area contributed by atoms with Crippen molar-refractivity contribution < 1.29 is 14.6 Å². The molecule has 0 radical (unpaired) electrons. The van der Waals surface area contributed by atoms with Crippen molar-refractivity contribution in [3.8, 4) is 11.3 Å². The van der Waals surface area contributed by atoms with E-state index in [2.05, 4.69) is 19.9 Å². The van der Waals surface area contributed by atoms with E-state index < -0.39 is 6.23 Å². The van der Waals surface area contributed by atoms with Gasteiger partial charge in [-0.15, -0.1) is 0 Å². The molecule has 3 N–H and O–H groups in total. The van der Waals surface area contributed by atoms with Gasteiger partial charge in [0, 0.05) is 43.5 Å². The molecule has 1 aliphatic heterocycles. The van der Waals surface area contributed by atoms with Crippen molar-refractivity contribution in [2.24, 2.45) is 0 Å². The highest BCUT2D eigenvalue weighted by atomic mass is 32.1. The van der Waals surface area contributed by atoms with E-state index in [-0.39, 0.29) is 5.91 Å². The number of benzene rings is 2. The molecule has 33 heavy (non-hydrogen) atoms. The number of fused-ring (bicyclic) bond motifs is 3. The molecule has 1 aliphatic rings. The molecule has 4 aromatic rings. The number of aliphatic hydroxyl groups excluding tert-OH is 1. The highest BCUT2D eigenvalue weighted by Gasteiger charge is 2.14.